The van der Waals surface area contributed by atoms with Gasteiger partial charge in [-0.2, -0.15) is 11.8 Å². The Hall–Kier alpha value is -1.30. The second kappa shape index (κ2) is 4.69. The highest BCUT2D eigenvalue weighted by Gasteiger charge is 2.23. The van der Waals surface area contributed by atoms with Gasteiger partial charge in [0.2, 0.25) is 0 Å². The number of aromatic nitrogens is 2. The maximum absolute atomic E-state index is 11.6. The third-order valence-corrected chi connectivity index (χ3v) is 3.62. The van der Waals surface area contributed by atoms with E-state index < -0.39 is 11.5 Å². The van der Waals surface area contributed by atoms with Crippen molar-refractivity contribution in [1.82, 2.24) is 9.97 Å². The number of thioether (sulfide) groups is 1. The fourth-order valence-corrected chi connectivity index (χ4v) is 2.15. The van der Waals surface area contributed by atoms with Crippen LogP contribution in [0.15, 0.2) is 11.0 Å². The van der Waals surface area contributed by atoms with Gasteiger partial charge in [-0.1, -0.05) is 0 Å². The van der Waals surface area contributed by atoms with Crippen LogP contribution in [0.5, 0.6) is 0 Å². The van der Waals surface area contributed by atoms with E-state index in [0.29, 0.717) is 11.7 Å². The summed E-state index contributed by atoms with van der Waals surface area (Å²) >= 11 is 1.81. The van der Waals surface area contributed by atoms with Gasteiger partial charge >= 0.3 is 5.97 Å². The smallest absolute Gasteiger partial charge is 0.345 e. The summed E-state index contributed by atoms with van der Waals surface area (Å²) in [5, 5.41) is 0. The summed E-state index contributed by atoms with van der Waals surface area (Å²) in [5.74, 6) is 2.31. The molecule has 6 heteroatoms. The molecule has 1 aliphatic rings. The van der Waals surface area contributed by atoms with Crippen LogP contribution in [0.1, 0.15) is 29.0 Å². The molecule has 1 aliphatic heterocycles. The lowest BCUT2D eigenvalue weighted by molar-refractivity contribution is 0.0523. The number of ether oxygens (including phenoxy) is 1. The van der Waals surface area contributed by atoms with E-state index in [1.807, 2.05) is 11.8 Å². The van der Waals surface area contributed by atoms with Gasteiger partial charge in [0.15, 0.2) is 0 Å². The van der Waals surface area contributed by atoms with E-state index in [1.54, 1.807) is 6.92 Å². The van der Waals surface area contributed by atoms with E-state index in [-0.39, 0.29) is 12.2 Å². The van der Waals surface area contributed by atoms with Crippen molar-refractivity contribution in [3.05, 3.63) is 27.9 Å². The van der Waals surface area contributed by atoms with Gasteiger partial charge in [-0.15, -0.1) is 0 Å². The van der Waals surface area contributed by atoms with Crippen LogP contribution in [-0.2, 0) is 4.74 Å². The third-order valence-electron chi connectivity index (χ3n) is 2.34. The van der Waals surface area contributed by atoms with E-state index in [1.165, 1.54) is 6.20 Å². The SMILES string of the molecule is CCOC(=O)c1cnc(C2CSC2)[nH]c1=O. The number of carbonyl (C=O) groups is 1. The number of nitrogens with one attached hydrogen (secondary N) is 1. The Kier molecular flexibility index (Phi) is 3.28. The Morgan fingerprint density at radius 3 is 2.94 bits per heavy atom. The first-order valence-electron chi connectivity index (χ1n) is 5.06. The van der Waals surface area contributed by atoms with Crippen LogP contribution in [-0.4, -0.2) is 34.0 Å². The van der Waals surface area contributed by atoms with E-state index >= 15 is 0 Å². The number of rotatable bonds is 3. The first-order valence-corrected chi connectivity index (χ1v) is 6.22. The van der Waals surface area contributed by atoms with Crippen molar-refractivity contribution in [2.75, 3.05) is 18.1 Å². The molecule has 0 saturated carbocycles. The number of nitrogens with zero attached hydrogens (tertiary/aromatic N) is 1. The van der Waals surface area contributed by atoms with Crippen molar-refractivity contribution in [2.24, 2.45) is 0 Å². The molecule has 16 heavy (non-hydrogen) atoms. The molecule has 0 bridgehead atoms. The fraction of sp³-hybridized carbons (Fsp3) is 0.500. The fourth-order valence-electron chi connectivity index (χ4n) is 1.36. The van der Waals surface area contributed by atoms with Crippen molar-refractivity contribution >= 4 is 17.7 Å². The van der Waals surface area contributed by atoms with Crippen molar-refractivity contribution in [3.8, 4) is 0 Å². The maximum Gasteiger partial charge on any atom is 0.345 e. The number of carbonyl (C=O) groups excluding carboxylic acids is 1. The highest BCUT2D eigenvalue weighted by Crippen LogP contribution is 2.31. The van der Waals surface area contributed by atoms with Crippen molar-refractivity contribution in [3.63, 3.8) is 0 Å². The summed E-state index contributed by atoms with van der Waals surface area (Å²) in [6.45, 7) is 1.94. The summed E-state index contributed by atoms with van der Waals surface area (Å²) in [6.07, 6.45) is 1.30. The minimum atomic E-state index is -0.620. The predicted molar refractivity (Wildman–Crippen MR) is 60.9 cm³/mol. The zero-order valence-corrected chi connectivity index (χ0v) is 9.67. The predicted octanol–water partition coefficient (Wildman–Crippen LogP) is 0.777. The second-order valence-electron chi connectivity index (χ2n) is 3.47. The maximum atomic E-state index is 11.6. The molecule has 2 rings (SSSR count). The quantitative estimate of drug-likeness (QED) is 0.790. The normalized spacial score (nSPS) is 15.6. The molecule has 1 aromatic rings. The lowest BCUT2D eigenvalue weighted by Gasteiger charge is -2.23. The Bertz CT molecular complexity index is 454. The lowest BCUT2D eigenvalue weighted by Crippen LogP contribution is -2.26. The molecule has 1 N–H and O–H groups in total. The Morgan fingerprint density at radius 2 is 2.44 bits per heavy atom. The summed E-state index contributed by atoms with van der Waals surface area (Å²) < 4.78 is 4.75. The number of hydrogen-bond acceptors (Lipinski definition) is 5. The van der Waals surface area contributed by atoms with Crippen LogP contribution in [0.2, 0.25) is 0 Å². The van der Waals surface area contributed by atoms with Crippen LogP contribution in [0.25, 0.3) is 0 Å². The molecule has 0 spiro atoms. The van der Waals surface area contributed by atoms with Gasteiger partial charge < -0.3 is 9.72 Å². The van der Waals surface area contributed by atoms with Crippen molar-refractivity contribution in [1.29, 1.82) is 0 Å². The molecule has 1 fully saturated rings. The van der Waals surface area contributed by atoms with Crippen LogP contribution in [0.4, 0.5) is 0 Å². The van der Waals surface area contributed by atoms with E-state index in [4.69, 9.17) is 4.74 Å². The molecule has 0 atom stereocenters. The summed E-state index contributed by atoms with van der Waals surface area (Å²) in [5.41, 5.74) is -0.446. The third kappa shape index (κ3) is 2.11. The molecule has 0 aromatic carbocycles. The summed E-state index contributed by atoms with van der Waals surface area (Å²) in [4.78, 5) is 29.7. The molecule has 0 amide bonds. The molecule has 0 aliphatic carbocycles. The van der Waals surface area contributed by atoms with Crippen molar-refractivity contribution < 1.29 is 9.53 Å². The molecule has 1 saturated heterocycles. The summed E-state index contributed by atoms with van der Waals surface area (Å²) in [7, 11) is 0. The van der Waals surface area contributed by atoms with Crippen LogP contribution in [0, 0.1) is 0 Å². The zero-order chi connectivity index (χ0) is 11.5. The minimum Gasteiger partial charge on any atom is -0.462 e. The van der Waals surface area contributed by atoms with E-state index in [0.717, 1.165) is 11.5 Å². The van der Waals surface area contributed by atoms with Gasteiger partial charge in [0.25, 0.3) is 5.56 Å². The number of H-pyrrole nitrogens is 1. The standard InChI is InChI=1S/C10H12N2O3S/c1-2-15-10(14)7-3-11-8(12-9(7)13)6-4-16-5-6/h3,6H,2,4-5H2,1H3,(H,11,12,13). The molecular formula is C10H12N2O3S. The van der Waals surface area contributed by atoms with E-state index in [9.17, 15) is 9.59 Å². The van der Waals surface area contributed by atoms with Crippen LogP contribution < -0.4 is 5.56 Å². The molecular weight excluding hydrogens is 228 g/mol. The van der Waals surface area contributed by atoms with Gasteiger partial charge in [-0.05, 0) is 6.92 Å². The summed E-state index contributed by atoms with van der Waals surface area (Å²) in [6, 6.07) is 0. The van der Waals surface area contributed by atoms with Gasteiger partial charge in [0, 0.05) is 23.6 Å². The second-order valence-corrected chi connectivity index (χ2v) is 4.54. The Balaban J connectivity index is 2.22. The van der Waals surface area contributed by atoms with Crippen molar-refractivity contribution in [2.45, 2.75) is 12.8 Å². The highest BCUT2D eigenvalue weighted by atomic mass is 32.2. The van der Waals surface area contributed by atoms with Gasteiger partial charge in [0.05, 0.1) is 6.61 Å². The first-order chi connectivity index (χ1) is 7.72. The van der Waals surface area contributed by atoms with Gasteiger partial charge in [0.1, 0.15) is 11.4 Å². The van der Waals surface area contributed by atoms with Gasteiger partial charge in [-0.3, -0.25) is 4.79 Å². The van der Waals surface area contributed by atoms with Crippen LogP contribution in [0.3, 0.4) is 0 Å². The topological polar surface area (TPSA) is 72.0 Å². The highest BCUT2D eigenvalue weighted by molar-refractivity contribution is 8.00. The Morgan fingerprint density at radius 1 is 1.69 bits per heavy atom. The average molecular weight is 240 g/mol. The molecule has 5 nitrogen and oxygen atoms in total. The lowest BCUT2D eigenvalue weighted by atomic mass is 10.2. The van der Waals surface area contributed by atoms with Gasteiger partial charge in [-0.25, -0.2) is 9.78 Å². The number of esters is 1. The average Bonchev–Trinajstić information content (AvgIpc) is 2.15. The monoisotopic (exact) mass is 240 g/mol. The largest absolute Gasteiger partial charge is 0.462 e. The number of hydrogen-bond donors (Lipinski definition) is 1. The molecule has 1 aromatic heterocycles. The van der Waals surface area contributed by atoms with E-state index in [2.05, 4.69) is 9.97 Å². The first kappa shape index (κ1) is 11.2. The molecule has 0 unspecified atom stereocenters. The molecule has 0 radical (unpaired) electrons. The Labute approximate surface area is 96.6 Å². The minimum absolute atomic E-state index is 0.0300. The molecule has 86 valence electrons. The number of aromatic amines is 1. The zero-order valence-electron chi connectivity index (χ0n) is 8.86. The molecule has 2 heterocycles. The van der Waals surface area contributed by atoms with Crippen LogP contribution >= 0.6 is 11.8 Å².